The van der Waals surface area contributed by atoms with Gasteiger partial charge in [0.15, 0.2) is 15.8 Å². The Kier molecular flexibility index (Phi) is 8.29. The molecule has 0 bridgehead atoms. The molecule has 1 aromatic heterocycles. The molecule has 0 aliphatic rings. The van der Waals surface area contributed by atoms with Crippen molar-refractivity contribution in [1.29, 1.82) is 0 Å². The van der Waals surface area contributed by atoms with Crippen molar-refractivity contribution in [2.75, 3.05) is 30.6 Å². The fourth-order valence-corrected chi connectivity index (χ4v) is 4.91. The molecule has 10 heteroatoms. The van der Waals surface area contributed by atoms with Crippen LogP contribution in [0.4, 0.5) is 10.8 Å². The van der Waals surface area contributed by atoms with Crippen LogP contribution in [0.15, 0.2) is 34.7 Å². The standard InChI is InChI=1S/C23H26N4O4S2/c1-13-8-14(2)21(15(3)9-13)24-20(29)12-32-23-27-26-22(33-23)25-19(28)11-16-6-7-17(30-4)18(10-16)31-5/h6-10H,11-12H2,1-5H3,(H,24,29)(H,25,26,28). The van der Waals surface area contributed by atoms with Crippen LogP contribution in [0, 0.1) is 20.8 Å². The van der Waals surface area contributed by atoms with Gasteiger partial charge in [-0.05, 0) is 49.6 Å². The number of aromatic nitrogens is 2. The van der Waals surface area contributed by atoms with E-state index in [4.69, 9.17) is 9.47 Å². The van der Waals surface area contributed by atoms with Gasteiger partial charge in [0.1, 0.15) is 0 Å². The lowest BCUT2D eigenvalue weighted by Crippen LogP contribution is -2.15. The number of hydrogen-bond acceptors (Lipinski definition) is 8. The second kappa shape index (κ2) is 11.2. The van der Waals surface area contributed by atoms with Crippen LogP contribution in [-0.2, 0) is 16.0 Å². The van der Waals surface area contributed by atoms with Gasteiger partial charge < -0.3 is 20.1 Å². The lowest BCUT2D eigenvalue weighted by atomic mass is 10.1. The molecule has 0 aliphatic heterocycles. The van der Waals surface area contributed by atoms with Crippen molar-refractivity contribution in [1.82, 2.24) is 10.2 Å². The van der Waals surface area contributed by atoms with Gasteiger partial charge in [-0.2, -0.15) is 0 Å². The number of nitrogens with zero attached hydrogens (tertiary/aromatic N) is 2. The number of methoxy groups -OCH3 is 2. The summed E-state index contributed by atoms with van der Waals surface area (Å²) in [6.45, 7) is 5.98. The van der Waals surface area contributed by atoms with E-state index >= 15 is 0 Å². The van der Waals surface area contributed by atoms with Crippen molar-refractivity contribution >= 4 is 45.7 Å². The summed E-state index contributed by atoms with van der Waals surface area (Å²) >= 11 is 2.50. The highest BCUT2D eigenvalue weighted by molar-refractivity contribution is 8.01. The van der Waals surface area contributed by atoms with Crippen LogP contribution in [0.25, 0.3) is 0 Å². The number of benzene rings is 2. The molecule has 3 aromatic rings. The molecule has 0 radical (unpaired) electrons. The summed E-state index contributed by atoms with van der Waals surface area (Å²) in [4.78, 5) is 24.8. The van der Waals surface area contributed by atoms with Crippen LogP contribution in [0.5, 0.6) is 11.5 Å². The second-order valence-electron chi connectivity index (χ2n) is 7.40. The minimum atomic E-state index is -0.224. The third kappa shape index (κ3) is 6.69. The minimum absolute atomic E-state index is 0.121. The minimum Gasteiger partial charge on any atom is -0.493 e. The monoisotopic (exact) mass is 486 g/mol. The lowest BCUT2D eigenvalue weighted by molar-refractivity contribution is -0.115. The number of anilines is 2. The zero-order valence-corrected chi connectivity index (χ0v) is 20.8. The Bertz CT molecular complexity index is 1140. The van der Waals surface area contributed by atoms with Crippen molar-refractivity contribution < 1.29 is 19.1 Å². The van der Waals surface area contributed by atoms with Gasteiger partial charge in [0.25, 0.3) is 0 Å². The Hall–Kier alpha value is -3.11. The summed E-state index contributed by atoms with van der Waals surface area (Å²) in [5.41, 5.74) is 4.84. The molecule has 0 saturated heterocycles. The number of thioether (sulfide) groups is 1. The van der Waals surface area contributed by atoms with Crippen molar-refractivity contribution in [3.8, 4) is 11.5 Å². The van der Waals surface area contributed by atoms with E-state index in [1.807, 2.05) is 32.9 Å². The summed E-state index contributed by atoms with van der Waals surface area (Å²) in [5, 5.41) is 14.1. The number of amides is 2. The Morgan fingerprint density at radius 3 is 2.30 bits per heavy atom. The summed E-state index contributed by atoms with van der Waals surface area (Å²) in [6.07, 6.45) is 0.153. The zero-order chi connectivity index (χ0) is 24.0. The fourth-order valence-electron chi connectivity index (χ4n) is 3.34. The van der Waals surface area contributed by atoms with Gasteiger partial charge in [-0.25, -0.2) is 0 Å². The third-order valence-corrected chi connectivity index (χ3v) is 6.71. The molecule has 0 atom stereocenters. The topological polar surface area (TPSA) is 102 Å². The molecule has 174 valence electrons. The van der Waals surface area contributed by atoms with Crippen molar-refractivity contribution in [3.05, 3.63) is 52.6 Å². The van der Waals surface area contributed by atoms with Crippen molar-refractivity contribution in [3.63, 3.8) is 0 Å². The maximum Gasteiger partial charge on any atom is 0.234 e. The Morgan fingerprint density at radius 1 is 0.939 bits per heavy atom. The Balaban J connectivity index is 1.52. The van der Waals surface area contributed by atoms with E-state index in [0.29, 0.717) is 21.0 Å². The van der Waals surface area contributed by atoms with E-state index in [0.717, 1.165) is 27.9 Å². The molecule has 33 heavy (non-hydrogen) atoms. The highest BCUT2D eigenvalue weighted by Gasteiger charge is 2.14. The highest BCUT2D eigenvalue weighted by atomic mass is 32.2. The van der Waals surface area contributed by atoms with E-state index in [2.05, 4.69) is 20.8 Å². The van der Waals surface area contributed by atoms with Crippen LogP contribution in [0.2, 0.25) is 0 Å². The van der Waals surface area contributed by atoms with E-state index in [-0.39, 0.29) is 24.0 Å². The van der Waals surface area contributed by atoms with Gasteiger partial charge in [0, 0.05) is 5.69 Å². The summed E-state index contributed by atoms with van der Waals surface area (Å²) in [7, 11) is 3.11. The number of carbonyl (C=O) groups is 2. The summed E-state index contributed by atoms with van der Waals surface area (Å²) < 4.78 is 11.1. The van der Waals surface area contributed by atoms with Crippen LogP contribution < -0.4 is 20.1 Å². The molecule has 2 aromatic carbocycles. The van der Waals surface area contributed by atoms with Crippen molar-refractivity contribution in [2.24, 2.45) is 0 Å². The zero-order valence-electron chi connectivity index (χ0n) is 19.1. The number of ether oxygens (including phenoxy) is 2. The van der Waals surface area contributed by atoms with Crippen LogP contribution in [-0.4, -0.2) is 42.0 Å². The maximum atomic E-state index is 12.4. The second-order valence-corrected chi connectivity index (χ2v) is 9.60. The van der Waals surface area contributed by atoms with Gasteiger partial charge in [0.05, 0.1) is 26.4 Å². The molecule has 0 saturated carbocycles. The molecule has 0 fully saturated rings. The molecular weight excluding hydrogens is 460 g/mol. The summed E-state index contributed by atoms with van der Waals surface area (Å²) in [5.74, 6) is 1.01. The number of rotatable bonds is 9. The Morgan fingerprint density at radius 2 is 1.64 bits per heavy atom. The molecule has 0 spiro atoms. The first-order chi connectivity index (χ1) is 15.8. The Labute approximate surface area is 201 Å². The van der Waals surface area contributed by atoms with Crippen molar-refractivity contribution in [2.45, 2.75) is 31.5 Å². The number of nitrogens with one attached hydrogen (secondary N) is 2. The predicted octanol–water partition coefficient (Wildman–Crippen LogP) is 4.39. The highest BCUT2D eigenvalue weighted by Crippen LogP contribution is 2.29. The normalized spacial score (nSPS) is 10.6. The average molecular weight is 487 g/mol. The number of carbonyl (C=O) groups excluding carboxylic acids is 2. The van der Waals surface area contributed by atoms with Crippen LogP contribution in [0.1, 0.15) is 22.3 Å². The molecule has 1 heterocycles. The molecule has 2 amide bonds. The van der Waals surface area contributed by atoms with Crippen LogP contribution in [0.3, 0.4) is 0 Å². The summed E-state index contributed by atoms with van der Waals surface area (Å²) in [6, 6.07) is 9.40. The van der Waals surface area contributed by atoms with E-state index in [1.165, 1.54) is 23.1 Å². The smallest absolute Gasteiger partial charge is 0.234 e. The lowest BCUT2D eigenvalue weighted by Gasteiger charge is -2.12. The SMILES string of the molecule is COc1ccc(CC(=O)Nc2nnc(SCC(=O)Nc3c(C)cc(C)cc3C)s2)cc1OC. The van der Waals surface area contributed by atoms with E-state index in [1.54, 1.807) is 32.4 Å². The fraction of sp³-hybridized carbons (Fsp3) is 0.304. The van der Waals surface area contributed by atoms with E-state index in [9.17, 15) is 9.59 Å². The van der Waals surface area contributed by atoms with Gasteiger partial charge in [0.2, 0.25) is 16.9 Å². The molecule has 3 rings (SSSR count). The van der Waals surface area contributed by atoms with Crippen LogP contribution >= 0.6 is 23.1 Å². The maximum absolute atomic E-state index is 12.4. The molecule has 2 N–H and O–H groups in total. The largest absolute Gasteiger partial charge is 0.493 e. The van der Waals surface area contributed by atoms with Gasteiger partial charge in [-0.3, -0.25) is 9.59 Å². The number of aryl methyl sites for hydroxylation is 3. The van der Waals surface area contributed by atoms with Gasteiger partial charge >= 0.3 is 0 Å². The average Bonchev–Trinajstić information content (AvgIpc) is 3.21. The van der Waals surface area contributed by atoms with Gasteiger partial charge in [-0.15, -0.1) is 10.2 Å². The molecule has 0 unspecified atom stereocenters. The first kappa shape index (κ1) is 24.5. The molecule has 0 aliphatic carbocycles. The third-order valence-electron chi connectivity index (χ3n) is 4.73. The first-order valence-corrected chi connectivity index (χ1v) is 11.9. The first-order valence-electron chi connectivity index (χ1n) is 10.1. The quantitative estimate of drug-likeness (QED) is 0.341. The molecule has 8 nitrogen and oxygen atoms in total. The molecular formula is C23H26N4O4S2. The van der Waals surface area contributed by atoms with E-state index < -0.39 is 0 Å². The van der Waals surface area contributed by atoms with Gasteiger partial charge in [-0.1, -0.05) is 46.9 Å². The predicted molar refractivity (Wildman–Crippen MR) is 132 cm³/mol. The number of hydrogen-bond donors (Lipinski definition) is 2.